The molecule has 0 bridgehead atoms. The zero-order valence-electron chi connectivity index (χ0n) is 11.2. The molecule has 3 atom stereocenters. The van der Waals surface area contributed by atoms with E-state index in [1.54, 1.807) is 13.2 Å². The molecule has 0 saturated carbocycles. The molecule has 3 unspecified atom stereocenters. The van der Waals surface area contributed by atoms with Crippen molar-refractivity contribution in [2.45, 2.75) is 38.1 Å². The molecule has 1 rings (SSSR count). The van der Waals surface area contributed by atoms with Crippen molar-refractivity contribution in [3.05, 3.63) is 34.3 Å². The number of methoxy groups -OCH3 is 1. The van der Waals surface area contributed by atoms with Crippen LogP contribution in [0.4, 0.5) is 0 Å². The van der Waals surface area contributed by atoms with E-state index in [0.717, 1.165) is 17.5 Å². The smallest absolute Gasteiger partial charge is 0.103 e. The van der Waals surface area contributed by atoms with Gasteiger partial charge >= 0.3 is 0 Å². The van der Waals surface area contributed by atoms with Gasteiger partial charge in [0.25, 0.3) is 0 Å². The van der Waals surface area contributed by atoms with Crippen LogP contribution in [0, 0.1) is 0 Å². The summed E-state index contributed by atoms with van der Waals surface area (Å²) in [4.78, 5) is 0. The van der Waals surface area contributed by atoms with Gasteiger partial charge in [-0.1, -0.05) is 24.6 Å². The fourth-order valence-corrected chi connectivity index (χ4v) is 2.24. The summed E-state index contributed by atoms with van der Waals surface area (Å²) in [6, 6.07) is 5.52. The molecule has 4 nitrogen and oxygen atoms in total. The molecule has 0 aliphatic rings. The Morgan fingerprint density at radius 3 is 2.47 bits per heavy atom. The molecule has 1 aromatic rings. The van der Waals surface area contributed by atoms with Crippen LogP contribution < -0.4 is 0 Å². The van der Waals surface area contributed by atoms with E-state index < -0.39 is 18.8 Å². The van der Waals surface area contributed by atoms with Crippen LogP contribution in [0.2, 0.25) is 5.02 Å². The van der Waals surface area contributed by atoms with E-state index in [4.69, 9.17) is 21.4 Å². The molecular weight excluding hydrogens is 268 g/mol. The van der Waals surface area contributed by atoms with Crippen LogP contribution in [0.1, 0.15) is 30.6 Å². The van der Waals surface area contributed by atoms with E-state index in [9.17, 15) is 10.2 Å². The Labute approximate surface area is 118 Å². The monoisotopic (exact) mass is 288 g/mol. The Kier molecular flexibility index (Phi) is 6.75. The second kappa shape index (κ2) is 7.82. The van der Waals surface area contributed by atoms with Gasteiger partial charge in [0.1, 0.15) is 6.10 Å². The average molecular weight is 289 g/mol. The van der Waals surface area contributed by atoms with Gasteiger partial charge in [0.15, 0.2) is 0 Å². The van der Waals surface area contributed by atoms with Crippen molar-refractivity contribution in [1.29, 1.82) is 0 Å². The van der Waals surface area contributed by atoms with E-state index in [0.29, 0.717) is 5.02 Å². The van der Waals surface area contributed by atoms with Crippen molar-refractivity contribution in [3.8, 4) is 0 Å². The minimum absolute atomic E-state index is 0.215. The Hall–Kier alpha value is -0.650. The fourth-order valence-electron chi connectivity index (χ4n) is 2.04. The predicted octanol–water partition coefficient (Wildman–Crippen LogP) is 1.69. The van der Waals surface area contributed by atoms with Crippen molar-refractivity contribution >= 4 is 11.6 Å². The highest BCUT2D eigenvalue weighted by atomic mass is 35.5. The Morgan fingerprint density at radius 2 is 1.95 bits per heavy atom. The fraction of sp³-hybridized carbons (Fsp3) is 0.571. The number of aliphatic hydroxyl groups excluding tert-OH is 3. The zero-order valence-corrected chi connectivity index (χ0v) is 12.0. The molecule has 1 aromatic carbocycles. The number of ether oxygens (including phenoxy) is 1. The maximum atomic E-state index is 9.78. The lowest BCUT2D eigenvalue weighted by Gasteiger charge is -2.24. The van der Waals surface area contributed by atoms with Gasteiger partial charge in [-0.3, -0.25) is 0 Å². The number of hydrogen-bond donors (Lipinski definition) is 3. The lowest BCUT2D eigenvalue weighted by molar-refractivity contribution is -0.0440. The number of rotatable bonds is 7. The van der Waals surface area contributed by atoms with Crippen LogP contribution >= 0.6 is 11.6 Å². The Bertz CT molecular complexity index is 397. The molecular formula is C14H21ClO4. The van der Waals surface area contributed by atoms with Crippen molar-refractivity contribution in [2.24, 2.45) is 0 Å². The first kappa shape index (κ1) is 16.4. The molecule has 0 fully saturated rings. The third kappa shape index (κ3) is 4.44. The predicted molar refractivity (Wildman–Crippen MR) is 74.3 cm³/mol. The van der Waals surface area contributed by atoms with Gasteiger partial charge in [0.2, 0.25) is 0 Å². The van der Waals surface area contributed by atoms with Gasteiger partial charge in [-0.05, 0) is 29.7 Å². The first-order chi connectivity index (χ1) is 9.03. The lowest BCUT2D eigenvalue weighted by Crippen LogP contribution is -2.31. The first-order valence-corrected chi connectivity index (χ1v) is 6.69. The minimum atomic E-state index is -1.16. The third-order valence-electron chi connectivity index (χ3n) is 3.20. The van der Waals surface area contributed by atoms with Crippen molar-refractivity contribution in [2.75, 3.05) is 13.7 Å². The van der Waals surface area contributed by atoms with Gasteiger partial charge in [-0.2, -0.15) is 0 Å². The second-order valence-corrected chi connectivity index (χ2v) is 4.91. The molecule has 108 valence electrons. The van der Waals surface area contributed by atoms with Gasteiger partial charge in [0, 0.05) is 18.6 Å². The van der Waals surface area contributed by atoms with Gasteiger partial charge in [0.05, 0.1) is 18.8 Å². The van der Waals surface area contributed by atoms with E-state index in [-0.39, 0.29) is 12.5 Å². The summed E-state index contributed by atoms with van der Waals surface area (Å²) < 4.78 is 5.39. The zero-order chi connectivity index (χ0) is 14.4. The number of aryl methyl sites for hydroxylation is 1. The number of aliphatic hydroxyl groups is 3. The molecule has 0 saturated heterocycles. The van der Waals surface area contributed by atoms with Crippen molar-refractivity contribution in [3.63, 3.8) is 0 Å². The molecule has 0 spiro atoms. The van der Waals surface area contributed by atoms with Crippen LogP contribution in [0.5, 0.6) is 0 Å². The summed E-state index contributed by atoms with van der Waals surface area (Å²) in [7, 11) is 1.55. The summed E-state index contributed by atoms with van der Waals surface area (Å²) in [6.45, 7) is 1.54. The summed E-state index contributed by atoms with van der Waals surface area (Å²) in [5, 5.41) is 28.7. The van der Waals surface area contributed by atoms with Gasteiger partial charge in [-0.25, -0.2) is 0 Å². The molecule has 0 aromatic heterocycles. The first-order valence-electron chi connectivity index (χ1n) is 6.31. The highest BCUT2D eigenvalue weighted by Gasteiger charge is 2.23. The highest BCUT2D eigenvalue weighted by Crippen LogP contribution is 2.28. The molecule has 0 amide bonds. The van der Waals surface area contributed by atoms with Crippen LogP contribution in [-0.2, 0) is 11.2 Å². The third-order valence-corrected chi connectivity index (χ3v) is 3.44. The lowest BCUT2D eigenvalue weighted by atomic mass is 9.95. The summed E-state index contributed by atoms with van der Waals surface area (Å²) in [5.74, 6) is 0. The number of halogens is 1. The normalized spacial score (nSPS) is 16.1. The average Bonchev–Trinajstić information content (AvgIpc) is 2.43. The van der Waals surface area contributed by atoms with Crippen LogP contribution in [0.25, 0.3) is 0 Å². The molecule has 3 N–H and O–H groups in total. The Morgan fingerprint density at radius 1 is 1.26 bits per heavy atom. The van der Waals surface area contributed by atoms with Crippen LogP contribution in [-0.4, -0.2) is 41.2 Å². The van der Waals surface area contributed by atoms with Crippen molar-refractivity contribution < 1.29 is 20.1 Å². The maximum absolute atomic E-state index is 9.78. The summed E-state index contributed by atoms with van der Waals surface area (Å²) >= 11 is 5.96. The van der Waals surface area contributed by atoms with Gasteiger partial charge < -0.3 is 20.1 Å². The number of benzene rings is 1. The van der Waals surface area contributed by atoms with Gasteiger partial charge in [-0.15, -0.1) is 0 Å². The summed E-state index contributed by atoms with van der Waals surface area (Å²) in [6.07, 6.45) is -1.52. The standard InChI is InChI=1S/C14H21ClO4/c1-3-9-6-10(15)4-5-11(9)14(19-2)7-12(17)13(18)8-16/h4-6,12-14,16-18H,3,7-8H2,1-2H3. The van der Waals surface area contributed by atoms with Crippen LogP contribution in [0.3, 0.4) is 0 Å². The summed E-state index contributed by atoms with van der Waals surface area (Å²) in [5.41, 5.74) is 1.99. The minimum Gasteiger partial charge on any atom is -0.394 e. The molecule has 0 aliphatic heterocycles. The van der Waals surface area contributed by atoms with E-state index in [1.165, 1.54) is 0 Å². The van der Waals surface area contributed by atoms with Crippen molar-refractivity contribution in [1.82, 2.24) is 0 Å². The highest BCUT2D eigenvalue weighted by molar-refractivity contribution is 6.30. The molecule has 5 heteroatoms. The second-order valence-electron chi connectivity index (χ2n) is 4.47. The van der Waals surface area contributed by atoms with E-state index >= 15 is 0 Å². The quantitative estimate of drug-likeness (QED) is 0.714. The maximum Gasteiger partial charge on any atom is 0.103 e. The topological polar surface area (TPSA) is 69.9 Å². The molecule has 0 heterocycles. The molecule has 0 radical (unpaired) electrons. The Balaban J connectivity index is 2.91. The molecule has 19 heavy (non-hydrogen) atoms. The molecule has 0 aliphatic carbocycles. The SMILES string of the molecule is CCc1cc(Cl)ccc1C(CC(O)C(O)CO)OC. The number of hydrogen-bond acceptors (Lipinski definition) is 4. The largest absolute Gasteiger partial charge is 0.394 e. The van der Waals surface area contributed by atoms with E-state index in [2.05, 4.69) is 0 Å². The van der Waals surface area contributed by atoms with E-state index in [1.807, 2.05) is 19.1 Å². The van der Waals surface area contributed by atoms with Crippen LogP contribution in [0.15, 0.2) is 18.2 Å².